The van der Waals surface area contributed by atoms with E-state index in [1.165, 1.54) is 47.6 Å². The van der Waals surface area contributed by atoms with E-state index in [0.29, 0.717) is 0 Å². The van der Waals surface area contributed by atoms with Crippen LogP contribution in [0.2, 0.25) is 0 Å². The number of benzene rings is 4. The molecule has 2 aliphatic rings. The van der Waals surface area contributed by atoms with Crippen LogP contribution in [-0.2, 0) is 23.3 Å². The van der Waals surface area contributed by atoms with Crippen molar-refractivity contribution < 1.29 is 32.1 Å². The summed E-state index contributed by atoms with van der Waals surface area (Å²) in [5.74, 6) is -0.385. The largest absolute Gasteiger partial charge is 0.184 e. The molecule has 6 rings (SSSR count). The first-order valence-corrected chi connectivity index (χ1v) is 16.0. The van der Waals surface area contributed by atoms with Crippen LogP contribution < -0.4 is 0 Å². The fourth-order valence-corrected chi connectivity index (χ4v) is 3.20. The van der Waals surface area contributed by atoms with Crippen LogP contribution in [0.5, 0.6) is 0 Å². The minimum atomic E-state index is -0.192. The second-order valence-electron chi connectivity index (χ2n) is 7.57. The van der Waals surface area contributed by atoms with Crippen molar-refractivity contribution in [2.45, 2.75) is 12.8 Å². The van der Waals surface area contributed by atoms with Gasteiger partial charge in [-0.3, -0.25) is 0 Å². The summed E-state index contributed by atoms with van der Waals surface area (Å²) < 4.78 is 25.5. The first-order valence-electron chi connectivity index (χ1n) is 11.9. The Kier molecular flexibility index (Phi) is 22.6. The van der Waals surface area contributed by atoms with Crippen LogP contribution in [0.25, 0.3) is 11.1 Å². The summed E-state index contributed by atoms with van der Waals surface area (Å²) in [6.45, 7) is 3.06. The quantitative estimate of drug-likeness (QED) is 0.148. The van der Waals surface area contributed by atoms with Crippen molar-refractivity contribution in [3.63, 3.8) is 0 Å². The molecule has 0 bridgehead atoms. The van der Waals surface area contributed by atoms with Crippen LogP contribution in [0, 0.1) is 35.9 Å². The van der Waals surface area contributed by atoms with Crippen LogP contribution in [0.4, 0.5) is 8.78 Å². The molecule has 0 fully saturated rings. The number of allylic oxidation sites excluding steroid dienone is 8. The molecule has 0 spiro atoms. The molecule has 0 saturated heterocycles. The van der Waals surface area contributed by atoms with Crippen LogP contribution in [0.15, 0.2) is 133 Å². The monoisotopic (exact) mass is 662 g/mol. The minimum Gasteiger partial charge on any atom is -0.184 e. The topological polar surface area (TPSA) is 0 Å². The van der Waals surface area contributed by atoms with Gasteiger partial charge in [-0.15, -0.1) is 60.2 Å². The summed E-state index contributed by atoms with van der Waals surface area (Å²) in [6, 6.07) is 38.2. The zero-order valence-electron chi connectivity index (χ0n) is 21.7. The number of halogens is 4. The molecule has 0 atom stereocenters. The third-order valence-corrected chi connectivity index (χ3v) is 4.88. The predicted octanol–water partition coefficient (Wildman–Crippen LogP) is 9.38. The van der Waals surface area contributed by atoms with Crippen molar-refractivity contribution in [3.8, 4) is 0 Å². The van der Waals surface area contributed by atoms with Crippen LogP contribution >= 0.6 is 24.8 Å². The number of hydrogen-bond donors (Lipinski definition) is 0. The molecule has 204 valence electrons. The van der Waals surface area contributed by atoms with Gasteiger partial charge in [0.05, 0.1) is 0 Å². The Labute approximate surface area is 266 Å². The summed E-state index contributed by atoms with van der Waals surface area (Å²) in [5.41, 5.74) is 3.80. The van der Waals surface area contributed by atoms with E-state index < -0.39 is 0 Å². The van der Waals surface area contributed by atoms with Gasteiger partial charge in [0, 0.05) is 0 Å². The van der Waals surface area contributed by atoms with E-state index in [-0.39, 0.29) is 36.4 Å². The molecule has 0 nitrogen and oxygen atoms in total. The Bertz CT molecular complexity index is 1170. The molecule has 0 unspecified atom stereocenters. The molecule has 4 aromatic rings. The van der Waals surface area contributed by atoms with Crippen molar-refractivity contribution in [2.24, 2.45) is 0 Å². The Hall–Kier alpha value is -2.62. The molecule has 40 heavy (non-hydrogen) atoms. The van der Waals surface area contributed by atoms with Crippen molar-refractivity contribution in [1.82, 2.24) is 0 Å². The third-order valence-electron chi connectivity index (χ3n) is 4.88. The van der Waals surface area contributed by atoms with E-state index in [4.69, 9.17) is 0 Å². The Morgan fingerprint density at radius 2 is 0.925 bits per heavy atom. The second kappa shape index (κ2) is 24.2. The minimum absolute atomic E-state index is 0. The van der Waals surface area contributed by atoms with Gasteiger partial charge in [-0.25, -0.2) is 8.78 Å². The van der Waals surface area contributed by atoms with E-state index in [1.54, 1.807) is 12.1 Å². The van der Waals surface area contributed by atoms with E-state index in [1.807, 2.05) is 97.1 Å². The van der Waals surface area contributed by atoms with Crippen LogP contribution in [0.1, 0.15) is 24.0 Å². The van der Waals surface area contributed by atoms with Crippen LogP contribution in [-0.4, -0.2) is 6.88 Å². The molecular formula is C34H28Cl2F2SiZr-4. The molecule has 0 amide bonds. The Morgan fingerprint density at radius 3 is 1.15 bits per heavy atom. The van der Waals surface area contributed by atoms with Crippen molar-refractivity contribution in [3.05, 3.63) is 181 Å². The molecule has 0 aliphatic heterocycles. The van der Waals surface area contributed by atoms with E-state index in [0.717, 1.165) is 35.1 Å². The molecule has 6 heteroatoms. The average molecular weight is 665 g/mol. The maximum absolute atomic E-state index is 12.8. The van der Waals surface area contributed by atoms with Gasteiger partial charge in [0.2, 0.25) is 0 Å². The normalized spacial score (nSPS) is 11.4. The Balaban J connectivity index is 0.000000510. The summed E-state index contributed by atoms with van der Waals surface area (Å²) in [6.07, 6.45) is 15.9. The van der Waals surface area contributed by atoms with Gasteiger partial charge >= 0.3 is 30.2 Å². The molecular weight excluding hydrogens is 637 g/mol. The molecule has 0 saturated carbocycles. The first kappa shape index (κ1) is 37.4. The molecule has 2 radical (unpaired) electrons. The summed E-state index contributed by atoms with van der Waals surface area (Å²) >= 11 is 1.36. The van der Waals surface area contributed by atoms with E-state index in [9.17, 15) is 8.78 Å². The average Bonchev–Trinajstić information content (AvgIpc) is 3.73. The van der Waals surface area contributed by atoms with Gasteiger partial charge in [-0.2, -0.15) is 108 Å². The molecule has 0 aromatic heterocycles. The zero-order valence-corrected chi connectivity index (χ0v) is 26.8. The predicted molar refractivity (Wildman–Crippen MR) is 164 cm³/mol. The number of hydrogen-bond acceptors (Lipinski definition) is 0. The van der Waals surface area contributed by atoms with Crippen LogP contribution in [0.3, 0.4) is 0 Å². The summed E-state index contributed by atoms with van der Waals surface area (Å²) in [4.78, 5) is 0. The number of rotatable bonds is 2. The maximum atomic E-state index is 12.8. The van der Waals surface area contributed by atoms with Gasteiger partial charge in [0.25, 0.3) is 0 Å². The fraction of sp³-hybridized carbons (Fsp3) is 0.0588. The smallest absolute Gasteiger partial charge is 0.171 e. The van der Waals surface area contributed by atoms with Gasteiger partial charge in [0.1, 0.15) is 11.6 Å². The summed E-state index contributed by atoms with van der Waals surface area (Å²) in [7, 11) is 0. The van der Waals surface area contributed by atoms with Gasteiger partial charge in [-0.05, 0) is 12.1 Å². The van der Waals surface area contributed by atoms with Gasteiger partial charge in [-0.1, -0.05) is 37.1 Å². The van der Waals surface area contributed by atoms with E-state index in [2.05, 4.69) is 31.2 Å². The zero-order chi connectivity index (χ0) is 27.3. The SMILES string of the molecule is Cl.Cl.Fc1cccc(C2=[C-]CC=C2)c1.Fc1cccc(C2=[C-]CC=C2)c1.[Si]=[Zr].[c-]1ccccc1.[c-]1ccccc1. The van der Waals surface area contributed by atoms with Crippen molar-refractivity contribution in [1.29, 1.82) is 0 Å². The van der Waals surface area contributed by atoms with Gasteiger partial charge < -0.3 is 0 Å². The molecule has 0 heterocycles. The maximum Gasteiger partial charge on any atom is -0.171 e. The summed E-state index contributed by atoms with van der Waals surface area (Å²) in [5, 5.41) is 0. The van der Waals surface area contributed by atoms with Gasteiger partial charge in [0.15, 0.2) is 0 Å². The van der Waals surface area contributed by atoms with Crippen molar-refractivity contribution in [2.75, 3.05) is 0 Å². The molecule has 0 N–H and O–H groups in total. The first-order chi connectivity index (χ1) is 18.7. The Morgan fingerprint density at radius 1 is 0.550 bits per heavy atom. The van der Waals surface area contributed by atoms with E-state index >= 15 is 0 Å². The standard InChI is InChI=1S/2C11H8F.2C6H5.2ClH.Si.Zr/c2*12-11-7-3-6-10(8-11)9-4-1-2-5-9;2*1-2-4-6-5-3-1;;;;/h2*1,3-4,6-8H,2H2;2*1-5H;2*1H;;/q4*-1;;;;. The third kappa shape index (κ3) is 15.8. The molecule has 2 aliphatic carbocycles. The second-order valence-corrected chi connectivity index (χ2v) is 7.57. The fourth-order valence-electron chi connectivity index (χ4n) is 3.20. The molecule has 4 aromatic carbocycles. The van der Waals surface area contributed by atoms with Crippen molar-refractivity contribution >= 4 is 42.8 Å².